The average molecular weight is 473 g/mol. The number of methoxy groups -OCH3 is 1. The van der Waals surface area contributed by atoms with Crippen LogP contribution in [0.15, 0.2) is 42.5 Å². The number of nitrogens with zero attached hydrogens (tertiary/aromatic N) is 1. The van der Waals surface area contributed by atoms with Gasteiger partial charge >= 0.3 is 0 Å². The fourth-order valence-corrected chi connectivity index (χ4v) is 4.56. The number of nitrogens with one attached hydrogen (secondary N) is 1. The van der Waals surface area contributed by atoms with Crippen LogP contribution < -0.4 is 18.9 Å². The summed E-state index contributed by atoms with van der Waals surface area (Å²) in [5.74, 6) is 3.16. The molecule has 180 valence electrons. The fourth-order valence-electron chi connectivity index (χ4n) is 4.18. The van der Waals surface area contributed by atoms with Crippen molar-refractivity contribution in [1.29, 1.82) is 0 Å². The summed E-state index contributed by atoms with van der Waals surface area (Å²) < 4.78 is 20.1. The van der Waals surface area contributed by atoms with Crippen molar-refractivity contribution in [2.24, 2.45) is 5.92 Å². The van der Waals surface area contributed by atoms with Crippen molar-refractivity contribution in [2.45, 2.75) is 32.6 Å². The number of hydrogen-bond acceptors (Lipinski definition) is 7. The number of Topliss-reactive ketones (excluding diaryl/α,β-unsaturated/α-hetero) is 1. The fraction of sp³-hybridized carbons (Fsp3) is 0.500. The van der Waals surface area contributed by atoms with Crippen LogP contribution in [0, 0.1) is 5.92 Å². The maximum Gasteiger partial charge on any atom is 0.162 e. The first-order valence-corrected chi connectivity index (χ1v) is 12.9. The average Bonchev–Trinajstić information content (AvgIpc) is 2.84. The molecule has 1 saturated heterocycles. The first-order chi connectivity index (χ1) is 16.1. The molecular formula is C26H36N2O4S. The molecule has 1 N–H and O–H groups in total. The lowest BCUT2D eigenvalue weighted by Crippen LogP contribution is -2.36. The Morgan fingerprint density at radius 2 is 1.82 bits per heavy atom. The summed E-state index contributed by atoms with van der Waals surface area (Å²) in [4.78, 5) is 15.2. The molecule has 2 aromatic rings. The molecule has 6 nitrogen and oxygen atoms in total. The number of rotatable bonds is 13. The van der Waals surface area contributed by atoms with Gasteiger partial charge in [-0.25, -0.2) is 0 Å². The molecule has 1 heterocycles. The van der Waals surface area contributed by atoms with Crippen molar-refractivity contribution in [2.75, 3.05) is 50.9 Å². The summed E-state index contributed by atoms with van der Waals surface area (Å²) in [5, 5.41) is 0. The lowest BCUT2D eigenvalue weighted by molar-refractivity contribution is 0.0959. The summed E-state index contributed by atoms with van der Waals surface area (Å²) in [7, 11) is 1.64. The van der Waals surface area contributed by atoms with Crippen molar-refractivity contribution in [3.05, 3.63) is 48.0 Å². The van der Waals surface area contributed by atoms with Gasteiger partial charge in [0.15, 0.2) is 17.3 Å². The van der Waals surface area contributed by atoms with Gasteiger partial charge in [-0.2, -0.15) is 0 Å². The van der Waals surface area contributed by atoms with Crippen molar-refractivity contribution >= 4 is 23.4 Å². The van der Waals surface area contributed by atoms with Crippen LogP contribution in [-0.2, 0) is 0 Å². The number of benzene rings is 2. The molecule has 0 radical (unpaired) electrons. The molecule has 1 fully saturated rings. The molecule has 1 aliphatic heterocycles. The van der Waals surface area contributed by atoms with E-state index >= 15 is 0 Å². The second kappa shape index (κ2) is 13.4. The third-order valence-electron chi connectivity index (χ3n) is 6.03. The Labute approximate surface area is 202 Å². The number of ketones is 1. The number of likely N-dealkylation sites (tertiary alicyclic amines) is 1. The first-order valence-electron chi connectivity index (χ1n) is 11.7. The van der Waals surface area contributed by atoms with Crippen LogP contribution >= 0.6 is 11.9 Å². The number of hydrogen-bond donors (Lipinski definition) is 1. The molecule has 2 aromatic carbocycles. The number of para-hydroxylation sites is 2. The SMILES string of the molecule is CCOc1ccccc1OCCN1CCC(CCC(=O)c2ccc(OC)c(NSC)c2)CC1. The van der Waals surface area contributed by atoms with Gasteiger partial charge in [0, 0.05) is 24.8 Å². The van der Waals surface area contributed by atoms with Crippen molar-refractivity contribution in [3.8, 4) is 17.2 Å². The lowest BCUT2D eigenvalue weighted by Gasteiger charge is -2.31. The van der Waals surface area contributed by atoms with Crippen molar-refractivity contribution in [1.82, 2.24) is 4.90 Å². The summed E-state index contributed by atoms with van der Waals surface area (Å²) in [6, 6.07) is 13.4. The Hall–Kier alpha value is -2.38. The van der Waals surface area contributed by atoms with Crippen LogP contribution in [0.4, 0.5) is 5.69 Å². The number of anilines is 1. The van der Waals surface area contributed by atoms with E-state index in [4.69, 9.17) is 14.2 Å². The predicted molar refractivity (Wildman–Crippen MR) is 136 cm³/mol. The van der Waals surface area contributed by atoms with Crippen LogP contribution in [0.1, 0.15) is 43.0 Å². The highest BCUT2D eigenvalue weighted by atomic mass is 32.2. The summed E-state index contributed by atoms with van der Waals surface area (Å²) in [5.41, 5.74) is 1.59. The van der Waals surface area contributed by atoms with Gasteiger partial charge in [-0.15, -0.1) is 0 Å². The number of carbonyl (C=O) groups is 1. The van der Waals surface area contributed by atoms with Crippen LogP contribution in [0.5, 0.6) is 17.2 Å². The molecule has 0 aliphatic carbocycles. The van der Waals surface area contributed by atoms with Gasteiger partial charge in [-0.3, -0.25) is 9.69 Å². The van der Waals surface area contributed by atoms with E-state index < -0.39 is 0 Å². The zero-order valence-corrected chi connectivity index (χ0v) is 20.8. The minimum absolute atomic E-state index is 0.200. The van der Waals surface area contributed by atoms with E-state index in [-0.39, 0.29) is 5.78 Å². The highest BCUT2D eigenvalue weighted by Gasteiger charge is 2.20. The highest BCUT2D eigenvalue weighted by Crippen LogP contribution is 2.29. The number of piperidine rings is 1. The second-order valence-corrected chi connectivity index (χ2v) is 8.81. The van der Waals surface area contributed by atoms with E-state index in [0.717, 1.165) is 67.4 Å². The Morgan fingerprint density at radius 3 is 2.48 bits per heavy atom. The quantitative estimate of drug-likeness (QED) is 0.303. The Kier molecular flexibility index (Phi) is 10.2. The topological polar surface area (TPSA) is 60.0 Å². The monoisotopic (exact) mass is 472 g/mol. The number of carbonyl (C=O) groups excluding carboxylic acids is 1. The molecule has 0 saturated carbocycles. The normalized spacial score (nSPS) is 14.6. The maximum absolute atomic E-state index is 12.7. The molecule has 0 amide bonds. The standard InChI is InChI=1S/C26H36N2O4S/c1-4-31-25-7-5-6-8-26(25)32-18-17-28-15-13-20(14-16-28)9-11-23(29)21-10-12-24(30-2)22(19-21)27-33-3/h5-8,10,12,19-20,27H,4,9,11,13-18H2,1-3H3. The number of ether oxygens (including phenoxy) is 3. The molecule has 0 spiro atoms. The van der Waals surface area contributed by atoms with Gasteiger partial charge in [-0.05, 0) is 75.5 Å². The maximum atomic E-state index is 12.7. The van der Waals surface area contributed by atoms with E-state index in [0.29, 0.717) is 25.6 Å². The minimum Gasteiger partial charge on any atom is -0.495 e. The minimum atomic E-state index is 0.200. The molecule has 0 bridgehead atoms. The van der Waals surface area contributed by atoms with E-state index in [9.17, 15) is 4.79 Å². The van der Waals surface area contributed by atoms with Crippen LogP contribution in [0.3, 0.4) is 0 Å². The molecule has 33 heavy (non-hydrogen) atoms. The lowest BCUT2D eigenvalue weighted by atomic mass is 9.90. The molecule has 0 aromatic heterocycles. The van der Waals surface area contributed by atoms with Crippen molar-refractivity contribution < 1.29 is 19.0 Å². The molecule has 1 aliphatic rings. The van der Waals surface area contributed by atoms with Gasteiger partial charge in [0.05, 0.1) is 19.4 Å². The molecule has 0 unspecified atom stereocenters. The Balaban J connectivity index is 1.38. The van der Waals surface area contributed by atoms with Crippen LogP contribution in [-0.4, -0.2) is 56.9 Å². The molecule has 7 heteroatoms. The summed E-state index contributed by atoms with van der Waals surface area (Å²) in [6.45, 7) is 6.27. The van der Waals surface area contributed by atoms with Gasteiger partial charge in [-0.1, -0.05) is 24.1 Å². The van der Waals surface area contributed by atoms with Gasteiger partial charge in [0.1, 0.15) is 12.4 Å². The first kappa shape index (κ1) is 25.2. The van der Waals surface area contributed by atoms with Gasteiger partial charge < -0.3 is 18.9 Å². The second-order valence-electron chi connectivity index (χ2n) is 8.20. The summed E-state index contributed by atoms with van der Waals surface area (Å²) >= 11 is 1.49. The Bertz CT molecular complexity index is 884. The van der Waals surface area contributed by atoms with E-state index in [1.54, 1.807) is 7.11 Å². The Morgan fingerprint density at radius 1 is 1.09 bits per heavy atom. The third kappa shape index (κ3) is 7.57. The van der Waals surface area contributed by atoms with E-state index in [1.165, 1.54) is 11.9 Å². The largest absolute Gasteiger partial charge is 0.495 e. The molecule has 0 atom stereocenters. The van der Waals surface area contributed by atoms with Crippen LogP contribution in [0.25, 0.3) is 0 Å². The highest BCUT2D eigenvalue weighted by molar-refractivity contribution is 7.99. The molecule has 3 rings (SSSR count). The third-order valence-corrected chi connectivity index (χ3v) is 6.46. The van der Waals surface area contributed by atoms with Gasteiger partial charge in [0.2, 0.25) is 0 Å². The van der Waals surface area contributed by atoms with E-state index in [2.05, 4.69) is 9.62 Å². The predicted octanol–water partition coefficient (Wildman–Crippen LogP) is 5.54. The van der Waals surface area contributed by atoms with Crippen molar-refractivity contribution in [3.63, 3.8) is 0 Å². The zero-order chi connectivity index (χ0) is 23.5. The smallest absolute Gasteiger partial charge is 0.162 e. The summed E-state index contributed by atoms with van der Waals surface area (Å²) in [6.07, 6.45) is 5.75. The molecular weight excluding hydrogens is 436 g/mol. The van der Waals surface area contributed by atoms with Gasteiger partial charge in [0.25, 0.3) is 0 Å². The zero-order valence-electron chi connectivity index (χ0n) is 20.0. The van der Waals surface area contributed by atoms with Crippen LogP contribution in [0.2, 0.25) is 0 Å². The van der Waals surface area contributed by atoms with E-state index in [1.807, 2.05) is 55.6 Å².